The number of benzene rings is 1. The fourth-order valence-electron chi connectivity index (χ4n) is 4.58. The first-order valence-corrected chi connectivity index (χ1v) is 15.4. The molecule has 0 spiro atoms. The molecule has 2 rings (SSSR count). The summed E-state index contributed by atoms with van der Waals surface area (Å²) < 4.78 is 42.8. The van der Waals surface area contributed by atoms with Crippen LogP contribution in [-0.2, 0) is 70.1 Å². The monoisotopic (exact) mass is 669 g/mol. The lowest BCUT2D eigenvalue weighted by Gasteiger charge is -2.39. The van der Waals surface area contributed by atoms with Gasteiger partial charge in [0, 0.05) is 53.1 Å². The maximum atomic E-state index is 13.0. The van der Waals surface area contributed by atoms with E-state index in [4.69, 9.17) is 43.0 Å². The molecule has 0 aromatic heterocycles. The molecule has 1 saturated heterocycles. The van der Waals surface area contributed by atoms with Gasteiger partial charge in [0.1, 0.15) is 31.2 Å². The van der Waals surface area contributed by atoms with Crippen LogP contribution in [0.5, 0.6) is 0 Å². The van der Waals surface area contributed by atoms with E-state index in [-0.39, 0.29) is 51.5 Å². The smallest absolute Gasteiger partial charge is 0.409 e. The van der Waals surface area contributed by atoms with Crippen molar-refractivity contribution in [3.05, 3.63) is 35.4 Å². The molecule has 0 aliphatic carbocycles. The van der Waals surface area contributed by atoms with Gasteiger partial charge >= 0.3 is 24.0 Å². The highest BCUT2D eigenvalue weighted by Gasteiger charge is 2.42. The van der Waals surface area contributed by atoms with E-state index in [1.54, 1.807) is 31.3 Å². The van der Waals surface area contributed by atoms with E-state index in [2.05, 4.69) is 0 Å². The molecule has 15 heteroatoms. The fourth-order valence-corrected chi connectivity index (χ4v) is 4.58. The van der Waals surface area contributed by atoms with Gasteiger partial charge in [-0.2, -0.15) is 0 Å². The second-order valence-electron chi connectivity index (χ2n) is 10.9. The van der Waals surface area contributed by atoms with E-state index in [0.29, 0.717) is 39.6 Å². The van der Waals surface area contributed by atoms with Crippen LogP contribution < -0.4 is 0 Å². The Kier molecular flexibility index (Phi) is 18.5. The number of ether oxygens (including phenoxy) is 8. The maximum Gasteiger partial charge on any atom is 0.409 e. The van der Waals surface area contributed by atoms with Gasteiger partial charge in [-0.3, -0.25) is 19.2 Å². The van der Waals surface area contributed by atoms with E-state index in [9.17, 15) is 24.0 Å². The summed E-state index contributed by atoms with van der Waals surface area (Å²) in [5, 5.41) is 8.63. The standard InChI is InChI=1S/C32H47NO14/c1-22(35)43-21-30-29(45-23(2)36)19-27(31(47-30)46-24(3)37)18-28(38)17-25-5-7-26(8-6-25)20-44-32(39)33(4)9-11-40-13-15-42-16-14-41-12-10-34/h5-8,27,29-31,34H,9-21H2,1-4H3/t27?,29-,30-,31?/m1/s1. The highest BCUT2D eigenvalue weighted by Crippen LogP contribution is 2.32. The Morgan fingerprint density at radius 1 is 0.809 bits per heavy atom. The quantitative estimate of drug-likeness (QED) is 0.113. The lowest BCUT2D eigenvalue weighted by atomic mass is 9.88. The zero-order chi connectivity index (χ0) is 34.6. The van der Waals surface area contributed by atoms with E-state index in [1.165, 1.54) is 25.7 Å². The summed E-state index contributed by atoms with van der Waals surface area (Å²) in [5.41, 5.74) is 1.46. The molecule has 1 aliphatic heterocycles. The summed E-state index contributed by atoms with van der Waals surface area (Å²) in [6.07, 6.45) is -3.04. The van der Waals surface area contributed by atoms with Crippen molar-refractivity contribution in [3.63, 3.8) is 0 Å². The number of nitrogens with zero attached hydrogens (tertiary/aromatic N) is 1. The van der Waals surface area contributed by atoms with Crippen LogP contribution in [0, 0.1) is 5.92 Å². The number of rotatable bonds is 21. The van der Waals surface area contributed by atoms with Gasteiger partial charge in [-0.1, -0.05) is 24.3 Å². The average Bonchev–Trinajstić information content (AvgIpc) is 3.01. The minimum Gasteiger partial charge on any atom is -0.463 e. The van der Waals surface area contributed by atoms with Crippen LogP contribution in [0.25, 0.3) is 0 Å². The highest BCUT2D eigenvalue weighted by molar-refractivity contribution is 5.81. The molecule has 0 saturated carbocycles. The normalized spacial score (nSPS) is 19.0. The Morgan fingerprint density at radius 2 is 1.40 bits per heavy atom. The summed E-state index contributed by atoms with van der Waals surface area (Å²) in [7, 11) is 1.60. The number of aliphatic hydroxyl groups excluding tert-OH is 1. The predicted octanol–water partition coefficient (Wildman–Crippen LogP) is 1.59. The minimum absolute atomic E-state index is 0.0151. The van der Waals surface area contributed by atoms with Crippen LogP contribution in [0.15, 0.2) is 24.3 Å². The number of hydrogen-bond acceptors (Lipinski definition) is 14. The molecule has 2 unspecified atom stereocenters. The number of esters is 3. The second-order valence-corrected chi connectivity index (χ2v) is 10.9. The molecule has 1 N–H and O–H groups in total. The first-order chi connectivity index (χ1) is 22.5. The number of likely N-dealkylation sites (N-methyl/N-ethyl adjacent to an activating group) is 1. The zero-order valence-corrected chi connectivity index (χ0v) is 27.5. The van der Waals surface area contributed by atoms with E-state index in [1.807, 2.05) is 0 Å². The van der Waals surface area contributed by atoms with Gasteiger partial charge < -0.3 is 47.9 Å². The first-order valence-electron chi connectivity index (χ1n) is 15.4. The summed E-state index contributed by atoms with van der Waals surface area (Å²) in [5.74, 6) is -2.48. The predicted molar refractivity (Wildman–Crippen MR) is 163 cm³/mol. The van der Waals surface area contributed by atoms with E-state index in [0.717, 1.165) is 11.1 Å². The van der Waals surface area contributed by atoms with Gasteiger partial charge in [0.2, 0.25) is 6.29 Å². The zero-order valence-electron chi connectivity index (χ0n) is 27.5. The molecule has 1 aliphatic rings. The summed E-state index contributed by atoms with van der Waals surface area (Å²) in [6, 6.07) is 7.04. The second kappa shape index (κ2) is 22.0. The van der Waals surface area contributed by atoms with Crippen molar-refractivity contribution in [2.75, 3.05) is 66.4 Å². The van der Waals surface area contributed by atoms with E-state index < -0.39 is 48.4 Å². The van der Waals surface area contributed by atoms with Crippen LogP contribution in [-0.4, -0.2) is 125 Å². The molecule has 0 bridgehead atoms. The number of carbonyl (C=O) groups is 5. The lowest BCUT2D eigenvalue weighted by molar-refractivity contribution is -0.253. The third kappa shape index (κ3) is 16.7. The molecule has 0 radical (unpaired) electrons. The van der Waals surface area contributed by atoms with Crippen molar-refractivity contribution in [1.29, 1.82) is 0 Å². The van der Waals surface area contributed by atoms with Gasteiger partial charge in [0.05, 0.1) is 46.2 Å². The minimum atomic E-state index is -1.09. The topological polar surface area (TPSA) is 183 Å². The van der Waals surface area contributed by atoms with Crippen molar-refractivity contribution in [3.8, 4) is 0 Å². The van der Waals surface area contributed by atoms with Crippen molar-refractivity contribution < 1.29 is 67.0 Å². The largest absolute Gasteiger partial charge is 0.463 e. The third-order valence-corrected chi connectivity index (χ3v) is 6.83. The fraction of sp³-hybridized carbons (Fsp3) is 0.656. The van der Waals surface area contributed by atoms with Crippen LogP contribution in [0.1, 0.15) is 44.7 Å². The molecular weight excluding hydrogens is 622 g/mol. The molecule has 47 heavy (non-hydrogen) atoms. The van der Waals surface area contributed by atoms with Gasteiger partial charge in [-0.05, 0) is 17.5 Å². The number of hydrogen-bond donors (Lipinski definition) is 1. The van der Waals surface area contributed by atoms with Gasteiger partial charge in [0.15, 0.2) is 0 Å². The van der Waals surface area contributed by atoms with Crippen molar-refractivity contribution in [2.45, 2.75) is 65.1 Å². The summed E-state index contributed by atoms with van der Waals surface area (Å²) >= 11 is 0. The molecule has 15 nitrogen and oxygen atoms in total. The Balaban J connectivity index is 1.79. The number of carbonyl (C=O) groups excluding carboxylic acids is 5. The molecular formula is C32H47NO14. The molecule has 1 heterocycles. The SMILES string of the molecule is CC(=O)OC[C@H]1OC(OC(C)=O)C(CC(=O)Cc2ccc(COC(=O)N(C)CCOCCOCCOCCO)cc2)C[C@H]1OC(C)=O. The van der Waals surface area contributed by atoms with Crippen LogP contribution in [0.2, 0.25) is 0 Å². The molecule has 264 valence electrons. The Labute approximate surface area is 274 Å². The van der Waals surface area contributed by atoms with Crippen molar-refractivity contribution in [2.24, 2.45) is 5.92 Å². The van der Waals surface area contributed by atoms with E-state index >= 15 is 0 Å². The molecule has 1 amide bonds. The number of amides is 1. The molecule has 1 aromatic rings. The van der Waals surface area contributed by atoms with Crippen molar-refractivity contribution in [1.82, 2.24) is 4.90 Å². The Hall–Kier alpha value is -3.63. The molecule has 1 aromatic carbocycles. The van der Waals surface area contributed by atoms with Crippen LogP contribution >= 0.6 is 0 Å². The molecule has 4 atom stereocenters. The maximum absolute atomic E-state index is 13.0. The average molecular weight is 670 g/mol. The van der Waals surface area contributed by atoms with Crippen LogP contribution in [0.4, 0.5) is 4.79 Å². The first kappa shape index (κ1) is 39.5. The summed E-state index contributed by atoms with van der Waals surface area (Å²) in [4.78, 5) is 61.5. The number of aliphatic hydroxyl groups is 1. The lowest BCUT2D eigenvalue weighted by Crippen LogP contribution is -2.50. The highest BCUT2D eigenvalue weighted by atomic mass is 16.7. The number of Topliss-reactive ketones (excluding diaryl/α,β-unsaturated/α-hetero) is 1. The third-order valence-electron chi connectivity index (χ3n) is 6.83. The van der Waals surface area contributed by atoms with Crippen molar-refractivity contribution >= 4 is 29.8 Å². The Morgan fingerprint density at radius 3 is 2.00 bits per heavy atom. The number of ketones is 1. The molecule has 1 fully saturated rings. The van der Waals surface area contributed by atoms with Gasteiger partial charge in [-0.15, -0.1) is 0 Å². The van der Waals surface area contributed by atoms with Gasteiger partial charge in [-0.25, -0.2) is 4.79 Å². The summed E-state index contributed by atoms with van der Waals surface area (Å²) in [6.45, 7) is 5.96. The van der Waals surface area contributed by atoms with Crippen LogP contribution in [0.3, 0.4) is 0 Å². The van der Waals surface area contributed by atoms with Gasteiger partial charge in [0.25, 0.3) is 0 Å². The Bertz CT molecular complexity index is 1130.